The van der Waals surface area contributed by atoms with Crippen LogP contribution in [-0.2, 0) is 4.79 Å². The van der Waals surface area contributed by atoms with Gasteiger partial charge >= 0.3 is 0 Å². The van der Waals surface area contributed by atoms with Crippen molar-refractivity contribution >= 4 is 21.8 Å². The summed E-state index contributed by atoms with van der Waals surface area (Å²) in [6.07, 6.45) is 2.27. The summed E-state index contributed by atoms with van der Waals surface area (Å²) in [5.74, 6) is 1.37. The number of carbonyl (C=O) groups is 1. The van der Waals surface area contributed by atoms with Gasteiger partial charge in [0.25, 0.3) is 5.91 Å². The molecule has 1 atom stereocenters. The normalized spacial score (nSPS) is 18.9. The van der Waals surface area contributed by atoms with Crippen molar-refractivity contribution in [3.63, 3.8) is 0 Å². The Labute approximate surface area is 128 Å². The molecule has 4 nitrogen and oxygen atoms in total. The molecular formula is C15H21BrN2O2. The van der Waals surface area contributed by atoms with Gasteiger partial charge in [0.1, 0.15) is 5.75 Å². The lowest BCUT2D eigenvalue weighted by Gasteiger charge is -2.32. The lowest BCUT2D eigenvalue weighted by atomic mass is 9.98. The molecule has 0 radical (unpaired) electrons. The number of likely N-dealkylation sites (tertiary alicyclic amines) is 1. The zero-order valence-corrected chi connectivity index (χ0v) is 13.4. The van der Waals surface area contributed by atoms with E-state index in [-0.39, 0.29) is 12.5 Å². The van der Waals surface area contributed by atoms with E-state index in [0.29, 0.717) is 5.92 Å². The molecule has 0 aliphatic carbocycles. The van der Waals surface area contributed by atoms with Gasteiger partial charge in [-0.3, -0.25) is 4.79 Å². The maximum Gasteiger partial charge on any atom is 0.260 e. The van der Waals surface area contributed by atoms with E-state index in [4.69, 9.17) is 4.74 Å². The number of benzene rings is 1. The Kier molecular flexibility index (Phi) is 5.86. The molecule has 1 aliphatic heterocycles. The number of piperidine rings is 1. The van der Waals surface area contributed by atoms with Crippen LogP contribution in [0.25, 0.3) is 0 Å². The predicted molar refractivity (Wildman–Crippen MR) is 82.9 cm³/mol. The van der Waals surface area contributed by atoms with Crippen molar-refractivity contribution in [1.82, 2.24) is 10.2 Å². The third-order valence-corrected chi connectivity index (χ3v) is 4.07. The Bertz CT molecular complexity index is 434. The Hall–Kier alpha value is -1.07. The van der Waals surface area contributed by atoms with Gasteiger partial charge in [-0.2, -0.15) is 0 Å². The number of nitrogens with one attached hydrogen (secondary N) is 1. The first kappa shape index (κ1) is 15.3. The highest BCUT2D eigenvalue weighted by molar-refractivity contribution is 9.10. The van der Waals surface area contributed by atoms with E-state index < -0.39 is 0 Å². The van der Waals surface area contributed by atoms with Gasteiger partial charge in [0.2, 0.25) is 0 Å². The summed E-state index contributed by atoms with van der Waals surface area (Å²) in [7, 11) is 1.96. The molecule has 2 rings (SSSR count). The second kappa shape index (κ2) is 7.64. The minimum atomic E-state index is 0.0775. The lowest BCUT2D eigenvalue weighted by Crippen LogP contribution is -2.44. The molecular weight excluding hydrogens is 320 g/mol. The first-order valence-corrected chi connectivity index (χ1v) is 7.79. The zero-order chi connectivity index (χ0) is 14.4. The van der Waals surface area contributed by atoms with E-state index in [9.17, 15) is 4.79 Å². The third-order valence-electron chi connectivity index (χ3n) is 3.54. The van der Waals surface area contributed by atoms with Crippen LogP contribution in [0.15, 0.2) is 28.7 Å². The molecule has 20 heavy (non-hydrogen) atoms. The highest BCUT2D eigenvalue weighted by Crippen LogP contribution is 2.18. The number of hydrogen-bond acceptors (Lipinski definition) is 3. The first-order valence-electron chi connectivity index (χ1n) is 7.00. The molecule has 1 fully saturated rings. The second-order valence-corrected chi connectivity index (χ2v) is 6.06. The van der Waals surface area contributed by atoms with Crippen LogP contribution in [-0.4, -0.2) is 44.1 Å². The van der Waals surface area contributed by atoms with Crippen molar-refractivity contribution in [3.05, 3.63) is 28.7 Å². The summed E-state index contributed by atoms with van der Waals surface area (Å²) in [6, 6.07) is 7.53. The summed E-state index contributed by atoms with van der Waals surface area (Å²) in [5.41, 5.74) is 0. The molecule has 0 saturated carbocycles. The van der Waals surface area contributed by atoms with Gasteiger partial charge in [-0.25, -0.2) is 0 Å². The molecule has 0 bridgehead atoms. The molecule has 110 valence electrons. The number of ether oxygens (including phenoxy) is 1. The van der Waals surface area contributed by atoms with Crippen molar-refractivity contribution in [1.29, 1.82) is 0 Å². The molecule has 0 spiro atoms. The molecule has 5 heteroatoms. The quantitative estimate of drug-likeness (QED) is 0.894. The SMILES string of the molecule is CNC[C@H]1CCCN(C(=O)COc2ccc(Br)cc2)C1. The molecule has 0 aromatic heterocycles. The molecule has 0 unspecified atom stereocenters. The predicted octanol–water partition coefficient (Wildman–Crippen LogP) is 2.29. The van der Waals surface area contributed by atoms with Gasteiger partial charge in [0.15, 0.2) is 6.61 Å². The van der Waals surface area contributed by atoms with Crippen LogP contribution in [0.3, 0.4) is 0 Å². The Morgan fingerprint density at radius 2 is 2.20 bits per heavy atom. The van der Waals surface area contributed by atoms with Crippen LogP contribution < -0.4 is 10.1 Å². The minimum Gasteiger partial charge on any atom is -0.484 e. The molecule has 1 amide bonds. The average molecular weight is 341 g/mol. The van der Waals surface area contributed by atoms with Crippen LogP contribution in [0, 0.1) is 5.92 Å². The molecule has 1 aromatic rings. The smallest absolute Gasteiger partial charge is 0.260 e. The molecule has 1 saturated heterocycles. The number of halogens is 1. The number of hydrogen-bond donors (Lipinski definition) is 1. The number of amides is 1. The minimum absolute atomic E-state index is 0.0775. The van der Waals surface area contributed by atoms with Crippen molar-refractivity contribution in [2.45, 2.75) is 12.8 Å². The summed E-state index contributed by atoms with van der Waals surface area (Å²) < 4.78 is 6.55. The maximum absolute atomic E-state index is 12.2. The van der Waals surface area contributed by atoms with Gasteiger partial charge in [0, 0.05) is 17.6 Å². The molecule has 1 aliphatic rings. The Morgan fingerprint density at radius 1 is 1.45 bits per heavy atom. The molecule has 1 N–H and O–H groups in total. The van der Waals surface area contributed by atoms with Crippen molar-refractivity contribution < 1.29 is 9.53 Å². The summed E-state index contributed by atoms with van der Waals surface area (Å²) in [6.45, 7) is 2.78. The van der Waals surface area contributed by atoms with Crippen LogP contribution >= 0.6 is 15.9 Å². The zero-order valence-electron chi connectivity index (χ0n) is 11.8. The average Bonchev–Trinajstić information content (AvgIpc) is 2.47. The Morgan fingerprint density at radius 3 is 2.90 bits per heavy atom. The van der Waals surface area contributed by atoms with Gasteiger partial charge in [-0.05, 0) is 56.6 Å². The standard InChI is InChI=1S/C15H21BrN2O2/c1-17-9-12-3-2-8-18(10-12)15(19)11-20-14-6-4-13(16)5-7-14/h4-7,12,17H,2-3,8-11H2,1H3/t12-/m1/s1. The van der Waals surface area contributed by atoms with Crippen LogP contribution in [0.4, 0.5) is 0 Å². The van der Waals surface area contributed by atoms with E-state index in [2.05, 4.69) is 21.2 Å². The number of rotatable bonds is 5. The van der Waals surface area contributed by atoms with Gasteiger partial charge in [0.05, 0.1) is 0 Å². The van der Waals surface area contributed by atoms with Gasteiger partial charge < -0.3 is 15.0 Å². The maximum atomic E-state index is 12.2. The summed E-state index contributed by atoms with van der Waals surface area (Å²) >= 11 is 3.37. The summed E-state index contributed by atoms with van der Waals surface area (Å²) in [5, 5.41) is 3.19. The summed E-state index contributed by atoms with van der Waals surface area (Å²) in [4.78, 5) is 14.1. The fourth-order valence-corrected chi connectivity index (χ4v) is 2.78. The highest BCUT2D eigenvalue weighted by Gasteiger charge is 2.23. The van der Waals surface area contributed by atoms with Gasteiger partial charge in [-0.15, -0.1) is 0 Å². The topological polar surface area (TPSA) is 41.6 Å². The largest absolute Gasteiger partial charge is 0.484 e. The van der Waals surface area contributed by atoms with Crippen molar-refractivity contribution in [2.24, 2.45) is 5.92 Å². The highest BCUT2D eigenvalue weighted by atomic mass is 79.9. The van der Waals surface area contributed by atoms with E-state index in [0.717, 1.165) is 36.3 Å². The van der Waals surface area contributed by atoms with E-state index >= 15 is 0 Å². The van der Waals surface area contributed by atoms with Crippen LogP contribution in [0.2, 0.25) is 0 Å². The van der Waals surface area contributed by atoms with E-state index in [1.807, 2.05) is 36.2 Å². The van der Waals surface area contributed by atoms with Gasteiger partial charge in [-0.1, -0.05) is 15.9 Å². The number of nitrogens with zero attached hydrogens (tertiary/aromatic N) is 1. The van der Waals surface area contributed by atoms with Crippen molar-refractivity contribution in [2.75, 3.05) is 33.3 Å². The fraction of sp³-hybridized carbons (Fsp3) is 0.533. The first-order chi connectivity index (χ1) is 9.69. The fourth-order valence-electron chi connectivity index (χ4n) is 2.51. The Balaban J connectivity index is 1.80. The van der Waals surface area contributed by atoms with E-state index in [1.165, 1.54) is 6.42 Å². The molecule has 1 heterocycles. The monoisotopic (exact) mass is 340 g/mol. The third kappa shape index (κ3) is 4.49. The molecule has 1 aromatic carbocycles. The number of carbonyl (C=O) groups excluding carboxylic acids is 1. The van der Waals surface area contributed by atoms with Crippen molar-refractivity contribution in [3.8, 4) is 5.75 Å². The van der Waals surface area contributed by atoms with Crippen LogP contribution in [0.5, 0.6) is 5.75 Å². The lowest BCUT2D eigenvalue weighted by molar-refractivity contribution is -0.135. The second-order valence-electron chi connectivity index (χ2n) is 5.15. The van der Waals surface area contributed by atoms with Crippen LogP contribution in [0.1, 0.15) is 12.8 Å². The van der Waals surface area contributed by atoms with E-state index in [1.54, 1.807) is 0 Å².